The highest BCUT2D eigenvalue weighted by atomic mass is 16.7. The molecule has 56 heavy (non-hydrogen) atoms. The van der Waals surface area contributed by atoms with Crippen molar-refractivity contribution in [3.63, 3.8) is 0 Å². The number of ether oxygens (including phenoxy) is 3. The first kappa shape index (κ1) is 48.1. The van der Waals surface area contributed by atoms with Crippen LogP contribution in [0.4, 0.5) is 0 Å². The van der Waals surface area contributed by atoms with Crippen molar-refractivity contribution >= 4 is 17.5 Å². The normalized spacial score (nSPS) is 45.4. The number of carbonyl (C=O) groups excluding carboxylic acids is 3. The average Bonchev–Trinajstić information content (AvgIpc) is 3.16. The summed E-state index contributed by atoms with van der Waals surface area (Å²) in [6.07, 6.45) is 11.3. The zero-order valence-corrected chi connectivity index (χ0v) is 35.7. The Labute approximate surface area is 336 Å². The number of carbonyl (C=O) groups is 3. The van der Waals surface area contributed by atoms with Gasteiger partial charge < -0.3 is 39.7 Å². The number of aliphatic hydroxyl groups is 5. The molecule has 11 nitrogen and oxygen atoms in total. The van der Waals surface area contributed by atoms with E-state index in [1.165, 1.54) is 39.8 Å². The summed E-state index contributed by atoms with van der Waals surface area (Å²) < 4.78 is 20.1. The van der Waals surface area contributed by atoms with Gasteiger partial charge in [-0.05, 0) is 77.0 Å². The summed E-state index contributed by atoms with van der Waals surface area (Å²) in [5, 5.41) is 55.0. The minimum absolute atomic E-state index is 0.156. The Balaban J connectivity index is 2.00. The Hall–Kier alpha value is -2.25. The fourth-order valence-corrected chi connectivity index (χ4v) is 9.23. The Morgan fingerprint density at radius 3 is 2.14 bits per heavy atom. The standard InChI is InChI=1S/C45H74O11/c1-11-33-18-15-13-14-17-27(4)42(51)44(10,53)43(52)32(9)40(50)31(8)39(49)30(7)38(48)26(3)20-23-37(47)54-41-29(6)36(22-21-33)56-45(35(41)12-2)24-16-19-34(55-45)25-28(5)46/h13-15,18,20,23,26-36,38,40-42,46,48,50-51,53H,11-12,16-17,19,21-22,24-25H2,1-10H3/b14-13+,18-15+,23-20+/t26-,27+,28+,29+,30-,31-,32-,33-,34+,35-,36?,38+,40+,41?,42-,44+,45?/m1/s1. The van der Waals surface area contributed by atoms with Gasteiger partial charge in [-0.15, -0.1) is 0 Å². The van der Waals surface area contributed by atoms with E-state index in [4.69, 9.17) is 14.2 Å². The quantitative estimate of drug-likeness (QED) is 0.210. The van der Waals surface area contributed by atoms with Crippen LogP contribution in [-0.4, -0.2) is 97.2 Å². The van der Waals surface area contributed by atoms with Crippen molar-refractivity contribution in [2.75, 3.05) is 0 Å². The van der Waals surface area contributed by atoms with Crippen LogP contribution >= 0.6 is 0 Å². The molecule has 1 spiro atoms. The van der Waals surface area contributed by atoms with Crippen molar-refractivity contribution in [1.29, 1.82) is 0 Å². The molecule has 0 saturated carbocycles. The van der Waals surface area contributed by atoms with Gasteiger partial charge in [0.05, 0.1) is 42.5 Å². The van der Waals surface area contributed by atoms with Crippen LogP contribution < -0.4 is 0 Å². The summed E-state index contributed by atoms with van der Waals surface area (Å²) in [7, 11) is 0. The zero-order chi connectivity index (χ0) is 42.1. The highest BCUT2D eigenvalue weighted by Crippen LogP contribution is 2.49. The third-order valence-corrected chi connectivity index (χ3v) is 13.2. The number of aliphatic hydroxyl groups excluding tert-OH is 4. The van der Waals surface area contributed by atoms with Crippen molar-refractivity contribution < 1.29 is 54.1 Å². The van der Waals surface area contributed by atoms with E-state index in [0.29, 0.717) is 32.1 Å². The molecule has 0 radical (unpaired) electrons. The Bertz CT molecular complexity index is 1370. The lowest BCUT2D eigenvalue weighted by Crippen LogP contribution is -2.62. The first-order valence-electron chi connectivity index (χ1n) is 21.3. The fourth-order valence-electron chi connectivity index (χ4n) is 9.23. The number of rotatable bonds is 4. The van der Waals surface area contributed by atoms with Crippen LogP contribution in [0.25, 0.3) is 0 Å². The lowest BCUT2D eigenvalue weighted by atomic mass is 9.74. The molecule has 3 heterocycles. The van der Waals surface area contributed by atoms with Gasteiger partial charge in [0.25, 0.3) is 0 Å². The number of hydrogen-bond donors (Lipinski definition) is 5. The molecule has 0 aliphatic carbocycles. The lowest BCUT2D eigenvalue weighted by molar-refractivity contribution is -0.368. The van der Waals surface area contributed by atoms with Crippen molar-refractivity contribution in [2.45, 2.75) is 181 Å². The third-order valence-electron chi connectivity index (χ3n) is 13.2. The summed E-state index contributed by atoms with van der Waals surface area (Å²) in [4.78, 5) is 40.6. The van der Waals surface area contributed by atoms with Gasteiger partial charge in [-0.3, -0.25) is 9.59 Å². The summed E-state index contributed by atoms with van der Waals surface area (Å²) >= 11 is 0. The molecule has 11 heteroatoms. The largest absolute Gasteiger partial charge is 0.458 e. The van der Waals surface area contributed by atoms with Crippen LogP contribution in [0, 0.1) is 47.3 Å². The number of hydrogen-bond acceptors (Lipinski definition) is 11. The highest BCUT2D eigenvalue weighted by molar-refractivity contribution is 5.91. The summed E-state index contributed by atoms with van der Waals surface area (Å²) in [5.74, 6) is -7.37. The molecule has 3 aliphatic rings. The number of fused-ring (bicyclic) bond motifs is 2. The maximum Gasteiger partial charge on any atom is 0.330 e. The van der Waals surface area contributed by atoms with E-state index in [-0.39, 0.29) is 30.0 Å². The van der Waals surface area contributed by atoms with E-state index in [1.54, 1.807) is 20.8 Å². The second-order valence-corrected chi connectivity index (χ2v) is 17.7. The Kier molecular flexibility index (Phi) is 18.2. The minimum atomic E-state index is -2.18. The molecule has 0 aromatic rings. The van der Waals surface area contributed by atoms with Crippen LogP contribution in [0.1, 0.15) is 127 Å². The van der Waals surface area contributed by atoms with Crippen LogP contribution in [-0.2, 0) is 28.6 Å². The monoisotopic (exact) mass is 791 g/mol. The van der Waals surface area contributed by atoms with Gasteiger partial charge in [0.1, 0.15) is 17.5 Å². The summed E-state index contributed by atoms with van der Waals surface area (Å²) in [6.45, 7) is 17.1. The molecule has 5 N–H and O–H groups in total. The van der Waals surface area contributed by atoms with Crippen molar-refractivity contribution in [2.24, 2.45) is 47.3 Å². The van der Waals surface area contributed by atoms with Crippen LogP contribution in [0.15, 0.2) is 36.5 Å². The Morgan fingerprint density at radius 1 is 0.857 bits per heavy atom. The maximum atomic E-state index is 13.6. The molecule has 17 atom stereocenters. The molecule has 3 rings (SSSR count). The van der Waals surface area contributed by atoms with Crippen molar-refractivity contribution in [3.05, 3.63) is 36.5 Å². The zero-order valence-electron chi connectivity index (χ0n) is 35.7. The molecule has 0 aromatic carbocycles. The van der Waals surface area contributed by atoms with Crippen molar-refractivity contribution in [1.82, 2.24) is 0 Å². The van der Waals surface area contributed by atoms with Crippen LogP contribution in [0.2, 0.25) is 0 Å². The van der Waals surface area contributed by atoms with Gasteiger partial charge in [-0.2, -0.15) is 0 Å². The first-order valence-corrected chi connectivity index (χ1v) is 21.3. The molecule has 2 fully saturated rings. The fraction of sp³-hybridized carbons (Fsp3) is 0.800. The van der Waals surface area contributed by atoms with Gasteiger partial charge in [-0.1, -0.05) is 85.8 Å². The Morgan fingerprint density at radius 2 is 1.52 bits per heavy atom. The maximum absolute atomic E-state index is 13.6. The molecular weight excluding hydrogens is 716 g/mol. The molecule has 2 bridgehead atoms. The van der Waals surface area contributed by atoms with Gasteiger partial charge in [0.2, 0.25) is 0 Å². The molecule has 3 unspecified atom stereocenters. The first-order chi connectivity index (χ1) is 26.2. The minimum Gasteiger partial charge on any atom is -0.458 e. The van der Waals surface area contributed by atoms with E-state index < -0.39 is 89.0 Å². The van der Waals surface area contributed by atoms with E-state index in [2.05, 4.69) is 19.9 Å². The second kappa shape index (κ2) is 21.1. The van der Waals surface area contributed by atoms with Gasteiger partial charge in [-0.25, -0.2) is 4.79 Å². The van der Waals surface area contributed by atoms with Gasteiger partial charge in [0, 0.05) is 42.1 Å². The van der Waals surface area contributed by atoms with E-state index >= 15 is 0 Å². The molecular formula is C45H74O11. The smallest absolute Gasteiger partial charge is 0.330 e. The van der Waals surface area contributed by atoms with Crippen molar-refractivity contribution in [3.8, 4) is 0 Å². The number of Topliss-reactive ketones (excluding diaryl/α,β-unsaturated/α-hetero) is 2. The lowest BCUT2D eigenvalue weighted by Gasteiger charge is -2.55. The SMILES string of the molecule is CC[C@@H]1/C=C/C=C/C[C@H](C)[C@@H](O)[C@](C)(O)C(=O)[C@H](C)[C@@H](O)[C@H](C)C(=O)[C@H](C)[C@@H](O)[C@H](C)/C=C/C(=O)OC2[C@@H](C)C(CC1)OC1(CCC[C@@H](C[C@H](C)O)O1)[C@@H]2CC. The highest BCUT2D eigenvalue weighted by Gasteiger charge is 2.56. The number of ketones is 2. The number of allylic oxidation sites excluding steroid dienone is 4. The molecule has 2 saturated heterocycles. The third kappa shape index (κ3) is 11.7. The molecule has 320 valence electrons. The molecule has 3 aliphatic heterocycles. The summed E-state index contributed by atoms with van der Waals surface area (Å²) in [5.41, 5.74) is -2.18. The van der Waals surface area contributed by atoms with E-state index in [1.807, 2.05) is 25.2 Å². The molecule has 0 aromatic heterocycles. The van der Waals surface area contributed by atoms with E-state index in [9.17, 15) is 39.9 Å². The van der Waals surface area contributed by atoms with E-state index in [0.717, 1.165) is 25.7 Å². The predicted molar refractivity (Wildman–Crippen MR) is 215 cm³/mol. The van der Waals surface area contributed by atoms with Gasteiger partial charge in [0.15, 0.2) is 11.6 Å². The second-order valence-electron chi connectivity index (χ2n) is 17.7. The molecule has 0 amide bonds. The number of esters is 1. The van der Waals surface area contributed by atoms with Crippen LogP contribution in [0.3, 0.4) is 0 Å². The summed E-state index contributed by atoms with van der Waals surface area (Å²) in [6, 6.07) is 0. The topological polar surface area (TPSA) is 180 Å². The van der Waals surface area contributed by atoms with Crippen LogP contribution in [0.5, 0.6) is 0 Å². The predicted octanol–water partition coefficient (Wildman–Crippen LogP) is 6.03. The average molecular weight is 791 g/mol. The van der Waals surface area contributed by atoms with Gasteiger partial charge >= 0.3 is 5.97 Å².